The van der Waals surface area contributed by atoms with Gasteiger partial charge >= 0.3 is 6.18 Å². The summed E-state index contributed by atoms with van der Waals surface area (Å²) in [7, 11) is -2.62. The van der Waals surface area contributed by atoms with Crippen molar-refractivity contribution in [2.45, 2.75) is 82.2 Å². The molecule has 0 saturated carbocycles. The first-order valence-electron chi connectivity index (χ1n) is 15.4. The summed E-state index contributed by atoms with van der Waals surface area (Å²) in [5, 5.41) is 10.5. The highest BCUT2D eigenvalue weighted by atomic mass is 35.5. The van der Waals surface area contributed by atoms with Crippen molar-refractivity contribution in [2.75, 3.05) is 38.1 Å². The van der Waals surface area contributed by atoms with Gasteiger partial charge in [0.1, 0.15) is 5.75 Å². The number of amides is 2. The van der Waals surface area contributed by atoms with E-state index in [2.05, 4.69) is 4.72 Å². The van der Waals surface area contributed by atoms with Gasteiger partial charge in [0.2, 0.25) is 5.91 Å². The number of anilines is 1. The third-order valence-corrected chi connectivity index (χ3v) is 9.58. The summed E-state index contributed by atoms with van der Waals surface area (Å²) >= 11 is 5.91. The Bertz CT molecular complexity index is 1460. The van der Waals surface area contributed by atoms with E-state index >= 15 is 0 Å². The first-order chi connectivity index (χ1) is 22.0. The third-order valence-electron chi connectivity index (χ3n) is 7.93. The minimum absolute atomic E-state index is 0.000119. The Balaban J connectivity index is 1.95. The molecule has 0 aliphatic carbocycles. The van der Waals surface area contributed by atoms with E-state index in [-0.39, 0.29) is 41.1 Å². The van der Waals surface area contributed by atoms with Crippen LogP contribution < -0.4 is 9.46 Å². The Morgan fingerprint density at radius 1 is 1.17 bits per heavy atom. The van der Waals surface area contributed by atoms with E-state index in [1.165, 1.54) is 59.3 Å². The molecular formula is C32H43ClF3N3O7S. The summed E-state index contributed by atoms with van der Waals surface area (Å²) < 4.78 is 79.2. The zero-order valence-electron chi connectivity index (χ0n) is 26.9. The first kappa shape index (κ1) is 38.4. The van der Waals surface area contributed by atoms with E-state index < -0.39 is 65.5 Å². The molecule has 4 atom stereocenters. The number of fused-ring (bicyclic) bond motifs is 1. The molecule has 0 aromatic heterocycles. The highest BCUT2D eigenvalue weighted by molar-refractivity contribution is 7.92. The molecule has 2 amide bonds. The lowest BCUT2D eigenvalue weighted by molar-refractivity contribution is -0.149. The summed E-state index contributed by atoms with van der Waals surface area (Å²) in [4.78, 5) is 29.3. The normalized spacial score (nSPS) is 20.8. The van der Waals surface area contributed by atoms with Gasteiger partial charge in [0, 0.05) is 49.8 Å². The summed E-state index contributed by atoms with van der Waals surface area (Å²) in [5.41, 5.74) is 0.170. The second-order valence-electron chi connectivity index (χ2n) is 12.0. The van der Waals surface area contributed by atoms with Crippen molar-refractivity contribution >= 4 is 39.1 Å². The van der Waals surface area contributed by atoms with Gasteiger partial charge in [-0.1, -0.05) is 18.5 Å². The number of halogens is 4. The summed E-state index contributed by atoms with van der Waals surface area (Å²) in [6.07, 6.45) is -5.37. The number of benzene rings is 2. The van der Waals surface area contributed by atoms with Crippen LogP contribution in [-0.2, 0) is 19.6 Å². The molecular weight excluding hydrogens is 663 g/mol. The quantitative estimate of drug-likeness (QED) is 0.341. The van der Waals surface area contributed by atoms with Crippen LogP contribution in [0.3, 0.4) is 0 Å². The van der Waals surface area contributed by atoms with Crippen LogP contribution in [0.25, 0.3) is 0 Å². The molecule has 47 heavy (non-hydrogen) atoms. The van der Waals surface area contributed by atoms with E-state index in [0.29, 0.717) is 30.9 Å². The zero-order chi connectivity index (χ0) is 34.9. The van der Waals surface area contributed by atoms with Gasteiger partial charge in [-0.15, -0.1) is 0 Å². The van der Waals surface area contributed by atoms with Crippen LogP contribution in [0.5, 0.6) is 5.75 Å². The van der Waals surface area contributed by atoms with Crippen LogP contribution in [0, 0.1) is 5.92 Å². The average Bonchev–Trinajstić information content (AvgIpc) is 3.00. The molecule has 1 aliphatic heterocycles. The van der Waals surface area contributed by atoms with E-state index in [1.807, 2.05) is 6.92 Å². The number of hydrogen-bond acceptors (Lipinski definition) is 7. The van der Waals surface area contributed by atoms with Crippen molar-refractivity contribution < 1.29 is 45.8 Å². The van der Waals surface area contributed by atoms with Crippen LogP contribution in [0.1, 0.15) is 63.2 Å². The van der Waals surface area contributed by atoms with Gasteiger partial charge < -0.3 is 24.4 Å². The molecule has 1 aliphatic rings. The van der Waals surface area contributed by atoms with E-state index in [1.54, 1.807) is 13.8 Å². The standard InChI is InChI=1S/C32H43ClF3N3O7S/c1-21-18-39(22(2)20-40)31(42)27-17-25(37-47(43,44)26-11-8-24(33)9-12-26)10-13-28(27)46-23(3)7-5-6-16-45-29(21)19-38(4)30(41)14-15-32(34,35)36/h8-13,17,21-23,29,37,40H,5-7,14-16,18-20H2,1-4H3/t21-,22+,23+,29+/m0/s1. The molecule has 0 saturated heterocycles. The van der Waals surface area contributed by atoms with Crippen molar-refractivity contribution in [2.24, 2.45) is 5.92 Å². The van der Waals surface area contributed by atoms with Crippen LogP contribution in [0.2, 0.25) is 5.02 Å². The fourth-order valence-corrected chi connectivity index (χ4v) is 6.26. The number of carbonyl (C=O) groups is 2. The number of alkyl halides is 3. The minimum Gasteiger partial charge on any atom is -0.490 e. The molecule has 2 N–H and O–H groups in total. The Labute approximate surface area is 279 Å². The lowest BCUT2D eigenvalue weighted by Crippen LogP contribution is -2.48. The second kappa shape index (κ2) is 16.8. The van der Waals surface area contributed by atoms with Crippen molar-refractivity contribution in [3.8, 4) is 5.75 Å². The topological polar surface area (TPSA) is 125 Å². The number of rotatable bonds is 9. The fourth-order valence-electron chi connectivity index (χ4n) is 5.09. The van der Waals surface area contributed by atoms with Crippen LogP contribution >= 0.6 is 11.6 Å². The number of nitrogens with zero attached hydrogens (tertiary/aromatic N) is 2. The van der Waals surface area contributed by atoms with E-state index in [0.717, 1.165) is 0 Å². The van der Waals surface area contributed by atoms with Gasteiger partial charge in [0.25, 0.3) is 15.9 Å². The number of aliphatic hydroxyl groups excluding tert-OH is 1. The van der Waals surface area contributed by atoms with Gasteiger partial charge in [-0.05, 0) is 75.6 Å². The molecule has 0 unspecified atom stereocenters. The molecule has 2 aromatic rings. The fraction of sp³-hybridized carbons (Fsp3) is 0.562. The van der Waals surface area contributed by atoms with Crippen LogP contribution in [0.15, 0.2) is 47.4 Å². The maximum absolute atomic E-state index is 14.2. The largest absolute Gasteiger partial charge is 0.490 e. The molecule has 1 heterocycles. The number of sulfonamides is 1. The molecule has 10 nitrogen and oxygen atoms in total. The van der Waals surface area contributed by atoms with Gasteiger partial charge in [-0.25, -0.2) is 8.42 Å². The van der Waals surface area contributed by atoms with Gasteiger partial charge in [-0.3, -0.25) is 14.3 Å². The molecule has 0 radical (unpaired) electrons. The summed E-state index contributed by atoms with van der Waals surface area (Å²) in [6, 6.07) is 9.30. The van der Waals surface area contributed by atoms with Crippen molar-refractivity contribution in [1.82, 2.24) is 9.80 Å². The molecule has 2 aromatic carbocycles. The molecule has 0 fully saturated rings. The lowest BCUT2D eigenvalue weighted by atomic mass is 10.0. The van der Waals surface area contributed by atoms with Gasteiger partial charge in [0.15, 0.2) is 0 Å². The first-order valence-corrected chi connectivity index (χ1v) is 17.3. The number of nitrogens with one attached hydrogen (secondary N) is 1. The van der Waals surface area contributed by atoms with Crippen molar-refractivity contribution in [1.29, 1.82) is 0 Å². The monoisotopic (exact) mass is 705 g/mol. The highest BCUT2D eigenvalue weighted by Gasteiger charge is 2.32. The molecule has 15 heteroatoms. The number of aliphatic hydroxyl groups is 1. The SMILES string of the molecule is C[C@@H]1CCCCO[C@H](CN(C)C(=O)CCC(F)(F)F)[C@@H](C)CN([C@H](C)CO)C(=O)c2cc(NS(=O)(=O)c3ccc(Cl)cc3)ccc2O1. The van der Waals surface area contributed by atoms with Crippen molar-refractivity contribution in [3.05, 3.63) is 53.1 Å². The van der Waals surface area contributed by atoms with Gasteiger partial charge in [-0.2, -0.15) is 13.2 Å². The third kappa shape index (κ3) is 11.5. The Morgan fingerprint density at radius 2 is 1.85 bits per heavy atom. The second-order valence-corrected chi connectivity index (χ2v) is 14.1. The molecule has 262 valence electrons. The number of hydrogen-bond donors (Lipinski definition) is 2. The van der Waals surface area contributed by atoms with E-state index in [4.69, 9.17) is 21.1 Å². The van der Waals surface area contributed by atoms with Crippen LogP contribution in [0.4, 0.5) is 18.9 Å². The smallest absolute Gasteiger partial charge is 0.389 e. The maximum atomic E-state index is 14.2. The van der Waals surface area contributed by atoms with Crippen LogP contribution in [-0.4, -0.2) is 92.9 Å². The maximum Gasteiger partial charge on any atom is 0.389 e. The minimum atomic E-state index is -4.46. The molecule has 0 spiro atoms. The summed E-state index contributed by atoms with van der Waals surface area (Å²) in [5.74, 6) is -1.41. The number of likely N-dealkylation sites (N-methyl/N-ethyl adjacent to an activating group) is 1. The predicted molar refractivity (Wildman–Crippen MR) is 172 cm³/mol. The molecule has 0 bridgehead atoms. The number of ether oxygens (including phenoxy) is 2. The number of carbonyl (C=O) groups excluding carboxylic acids is 2. The Kier molecular flexibility index (Phi) is 13.8. The molecule has 3 rings (SSSR count). The predicted octanol–water partition coefficient (Wildman–Crippen LogP) is 5.74. The lowest BCUT2D eigenvalue weighted by Gasteiger charge is -2.36. The average molecular weight is 706 g/mol. The highest BCUT2D eigenvalue weighted by Crippen LogP contribution is 2.30. The summed E-state index contributed by atoms with van der Waals surface area (Å²) in [6.45, 7) is 5.26. The van der Waals surface area contributed by atoms with Crippen molar-refractivity contribution in [3.63, 3.8) is 0 Å². The van der Waals surface area contributed by atoms with Gasteiger partial charge in [0.05, 0.1) is 41.7 Å². The Hall–Kier alpha value is -3.07. The zero-order valence-corrected chi connectivity index (χ0v) is 28.5. The van der Waals surface area contributed by atoms with E-state index in [9.17, 15) is 36.3 Å². The Morgan fingerprint density at radius 3 is 2.49 bits per heavy atom.